The van der Waals surface area contributed by atoms with Crippen molar-refractivity contribution in [1.29, 1.82) is 0 Å². The highest BCUT2D eigenvalue weighted by Gasteiger charge is 2.37. The molecule has 2 fully saturated rings. The number of nitrogens with zero attached hydrogens (tertiary/aromatic N) is 4. The van der Waals surface area contributed by atoms with Crippen molar-refractivity contribution in [2.45, 2.75) is 57.8 Å². The van der Waals surface area contributed by atoms with Gasteiger partial charge in [0.1, 0.15) is 0 Å². The number of aromatic nitrogens is 4. The molecule has 1 saturated heterocycles. The lowest BCUT2D eigenvalue weighted by Crippen LogP contribution is -3.17. The van der Waals surface area contributed by atoms with Crippen molar-refractivity contribution in [1.82, 2.24) is 18.7 Å². The standard InChI is InChI=1S/C22H27N5OS/c1-2-13-25-20(28)17-10-4-6-12-19(17)27-21(25)23-26(22(27)29)15-24-14-7-9-16-8-3-5-11-18(16)24/h2,4,6,10,12,16,18H,1,3,5,7-9,11,13-15H2/p+1/t16-,18+/m1/s1. The normalized spacial score (nSPS) is 24.6. The second kappa shape index (κ2) is 7.54. The van der Waals surface area contributed by atoms with Crippen LogP contribution in [0.1, 0.15) is 38.5 Å². The van der Waals surface area contributed by atoms with E-state index in [1.807, 2.05) is 33.3 Å². The Labute approximate surface area is 175 Å². The number of hydrogen-bond acceptors (Lipinski definition) is 3. The lowest BCUT2D eigenvalue weighted by atomic mass is 9.78. The van der Waals surface area contributed by atoms with Gasteiger partial charge in [0, 0.05) is 12.5 Å². The van der Waals surface area contributed by atoms with Gasteiger partial charge >= 0.3 is 0 Å². The van der Waals surface area contributed by atoms with Crippen molar-refractivity contribution in [3.63, 3.8) is 0 Å². The van der Waals surface area contributed by atoms with E-state index in [9.17, 15) is 4.79 Å². The third kappa shape index (κ3) is 3.07. The smallest absolute Gasteiger partial charge is 0.263 e. The first kappa shape index (κ1) is 18.8. The minimum Gasteiger partial charge on any atom is -0.314 e. The summed E-state index contributed by atoms with van der Waals surface area (Å²) >= 11 is 5.87. The van der Waals surface area contributed by atoms with E-state index in [2.05, 4.69) is 6.58 Å². The number of fused-ring (bicyclic) bond motifs is 4. The van der Waals surface area contributed by atoms with Crippen LogP contribution < -0.4 is 10.5 Å². The van der Waals surface area contributed by atoms with Crippen LogP contribution in [0.15, 0.2) is 41.7 Å². The highest BCUT2D eigenvalue weighted by Crippen LogP contribution is 2.28. The van der Waals surface area contributed by atoms with Gasteiger partial charge in [-0.2, -0.15) is 4.68 Å². The molecule has 152 valence electrons. The van der Waals surface area contributed by atoms with E-state index in [0.717, 1.165) is 24.1 Å². The molecule has 3 heterocycles. The third-order valence-electron chi connectivity index (χ3n) is 6.85. The summed E-state index contributed by atoms with van der Waals surface area (Å²) in [5.41, 5.74) is 0.783. The summed E-state index contributed by atoms with van der Waals surface area (Å²) in [4.78, 5) is 14.6. The highest BCUT2D eigenvalue weighted by molar-refractivity contribution is 7.71. The topological polar surface area (TPSA) is 48.7 Å². The Morgan fingerprint density at radius 1 is 1.21 bits per heavy atom. The number of quaternary nitrogens is 1. The minimum atomic E-state index is -0.0437. The molecule has 7 heteroatoms. The van der Waals surface area contributed by atoms with Gasteiger partial charge in [-0.15, -0.1) is 11.7 Å². The van der Waals surface area contributed by atoms with E-state index in [-0.39, 0.29) is 5.56 Å². The van der Waals surface area contributed by atoms with Crippen LogP contribution in [0.5, 0.6) is 0 Å². The molecule has 0 bridgehead atoms. The lowest BCUT2D eigenvalue weighted by molar-refractivity contribution is -0.958. The number of benzene rings is 1. The number of allylic oxidation sites excluding steroid dienone is 1. The van der Waals surface area contributed by atoms with Gasteiger partial charge in [-0.05, 0) is 56.5 Å². The summed E-state index contributed by atoms with van der Waals surface area (Å²) < 4.78 is 6.25. The van der Waals surface area contributed by atoms with Crippen molar-refractivity contribution in [3.05, 3.63) is 52.0 Å². The zero-order valence-electron chi connectivity index (χ0n) is 16.7. The van der Waals surface area contributed by atoms with E-state index in [1.165, 1.54) is 45.1 Å². The second-order valence-electron chi connectivity index (χ2n) is 8.50. The second-order valence-corrected chi connectivity index (χ2v) is 8.86. The van der Waals surface area contributed by atoms with Crippen molar-refractivity contribution in [2.75, 3.05) is 6.54 Å². The molecule has 6 nitrogen and oxygen atoms in total. The van der Waals surface area contributed by atoms with Gasteiger partial charge in [0.2, 0.25) is 10.5 Å². The minimum absolute atomic E-state index is 0.0437. The molecule has 5 rings (SSSR count). The van der Waals surface area contributed by atoms with Crippen molar-refractivity contribution in [2.24, 2.45) is 5.92 Å². The van der Waals surface area contributed by atoms with Crippen LogP contribution in [-0.2, 0) is 13.2 Å². The number of likely N-dealkylation sites (tertiary alicyclic amines) is 1. The molecule has 3 aromatic rings. The first-order valence-corrected chi connectivity index (χ1v) is 11.2. The molecule has 2 aliphatic rings. The third-order valence-corrected chi connectivity index (χ3v) is 7.25. The summed E-state index contributed by atoms with van der Waals surface area (Å²) in [7, 11) is 0. The average Bonchev–Trinajstić information content (AvgIpc) is 3.07. The molecule has 29 heavy (non-hydrogen) atoms. The maximum absolute atomic E-state index is 13.0. The van der Waals surface area contributed by atoms with E-state index in [0.29, 0.717) is 22.5 Å². The van der Waals surface area contributed by atoms with Crippen molar-refractivity contribution >= 4 is 28.9 Å². The SMILES string of the molecule is C=CCn1c(=O)c2ccccc2n2c(=S)n(C[NH+]3CCC[C@H]4CCCC[C@@H]43)nc12. The molecular weight excluding hydrogens is 382 g/mol. The maximum Gasteiger partial charge on any atom is 0.263 e. The van der Waals surface area contributed by atoms with Crippen LogP contribution in [0.3, 0.4) is 0 Å². The van der Waals surface area contributed by atoms with E-state index in [4.69, 9.17) is 17.3 Å². The number of para-hydroxylation sites is 1. The quantitative estimate of drug-likeness (QED) is 0.531. The maximum atomic E-state index is 13.0. The summed E-state index contributed by atoms with van der Waals surface area (Å²) in [6, 6.07) is 8.37. The van der Waals surface area contributed by atoms with Crippen molar-refractivity contribution in [3.8, 4) is 0 Å². The van der Waals surface area contributed by atoms with Gasteiger partial charge in [0.05, 0.1) is 23.5 Å². The average molecular weight is 411 g/mol. The summed E-state index contributed by atoms with van der Waals surface area (Å²) in [5.74, 6) is 1.45. The number of piperidine rings is 1. The summed E-state index contributed by atoms with van der Waals surface area (Å²) in [6.45, 7) is 6.19. The zero-order chi connectivity index (χ0) is 20.0. The molecule has 1 saturated carbocycles. The molecular formula is C22H28N5OS+. The fraction of sp³-hybridized carbons (Fsp3) is 0.500. The van der Waals surface area contributed by atoms with E-state index < -0.39 is 0 Å². The van der Waals surface area contributed by atoms with Gasteiger partial charge in [-0.25, -0.2) is 0 Å². The Morgan fingerprint density at radius 2 is 2.00 bits per heavy atom. The van der Waals surface area contributed by atoms with Crippen LogP contribution >= 0.6 is 12.2 Å². The first-order valence-electron chi connectivity index (χ1n) is 10.8. The van der Waals surface area contributed by atoms with Crippen LogP contribution in [0, 0.1) is 10.7 Å². The number of hydrogen-bond donors (Lipinski definition) is 1. The highest BCUT2D eigenvalue weighted by atomic mass is 32.1. The fourth-order valence-electron chi connectivity index (χ4n) is 5.52. The molecule has 0 spiro atoms. The molecule has 1 aliphatic carbocycles. The summed E-state index contributed by atoms with van der Waals surface area (Å²) in [5, 5.41) is 5.51. The Balaban J connectivity index is 1.64. The number of nitrogens with one attached hydrogen (secondary N) is 1. The van der Waals surface area contributed by atoms with E-state index in [1.54, 1.807) is 15.5 Å². The molecule has 1 aliphatic heterocycles. The lowest BCUT2D eigenvalue weighted by Gasteiger charge is -2.40. The number of rotatable bonds is 4. The zero-order valence-corrected chi connectivity index (χ0v) is 17.5. The first-order chi connectivity index (χ1) is 14.2. The van der Waals surface area contributed by atoms with Gasteiger partial charge in [0.15, 0.2) is 6.67 Å². The Morgan fingerprint density at radius 3 is 2.86 bits per heavy atom. The van der Waals surface area contributed by atoms with E-state index >= 15 is 0 Å². The Bertz CT molecular complexity index is 1190. The van der Waals surface area contributed by atoms with Crippen molar-refractivity contribution < 1.29 is 4.90 Å². The van der Waals surface area contributed by atoms with Crippen LogP contribution in [0.25, 0.3) is 16.7 Å². The molecule has 3 atom stereocenters. The molecule has 1 unspecified atom stereocenters. The van der Waals surface area contributed by atoms with Gasteiger partial charge in [-0.1, -0.05) is 24.6 Å². The molecule has 0 radical (unpaired) electrons. The predicted octanol–water partition coefficient (Wildman–Crippen LogP) is 2.56. The van der Waals surface area contributed by atoms with Gasteiger partial charge in [0.25, 0.3) is 5.56 Å². The van der Waals surface area contributed by atoms with Crippen LogP contribution in [0.4, 0.5) is 0 Å². The van der Waals surface area contributed by atoms with Crippen LogP contribution in [-0.4, -0.2) is 31.3 Å². The predicted molar refractivity (Wildman–Crippen MR) is 117 cm³/mol. The Hall–Kier alpha value is -2.25. The van der Waals surface area contributed by atoms with Gasteiger partial charge < -0.3 is 4.90 Å². The largest absolute Gasteiger partial charge is 0.314 e. The fourth-order valence-corrected chi connectivity index (χ4v) is 5.81. The monoisotopic (exact) mass is 410 g/mol. The molecule has 0 amide bonds. The Kier molecular flexibility index (Phi) is 4.87. The van der Waals surface area contributed by atoms with Gasteiger partial charge in [-0.3, -0.25) is 13.8 Å². The molecule has 1 N–H and O–H groups in total. The van der Waals surface area contributed by atoms with Crippen LogP contribution in [0.2, 0.25) is 0 Å². The summed E-state index contributed by atoms with van der Waals surface area (Å²) in [6.07, 6.45) is 9.78. The molecule has 2 aromatic heterocycles. The molecule has 1 aromatic carbocycles.